The first-order chi connectivity index (χ1) is 11.7. The van der Waals surface area contributed by atoms with E-state index in [0.29, 0.717) is 5.25 Å². The van der Waals surface area contributed by atoms with Crippen molar-refractivity contribution >= 4 is 34.3 Å². The van der Waals surface area contributed by atoms with Crippen molar-refractivity contribution in [2.75, 3.05) is 11.4 Å². The fourth-order valence-corrected chi connectivity index (χ4v) is 4.25. The molecule has 0 spiro atoms. The molecule has 1 aliphatic heterocycles. The summed E-state index contributed by atoms with van der Waals surface area (Å²) in [6, 6.07) is 17.8. The Hall–Kier alpha value is -2.33. The molecule has 24 heavy (non-hydrogen) atoms. The van der Waals surface area contributed by atoms with Crippen molar-refractivity contribution in [1.29, 1.82) is 0 Å². The molecule has 0 saturated carbocycles. The Morgan fingerprint density at radius 1 is 1.12 bits per heavy atom. The second-order valence-electron chi connectivity index (χ2n) is 6.02. The van der Waals surface area contributed by atoms with E-state index in [9.17, 15) is 4.79 Å². The Morgan fingerprint density at radius 3 is 2.92 bits per heavy atom. The molecule has 0 bridgehead atoms. The van der Waals surface area contributed by atoms with E-state index in [1.165, 1.54) is 4.90 Å². The minimum absolute atomic E-state index is 0.0516. The van der Waals surface area contributed by atoms with Crippen LogP contribution in [0.3, 0.4) is 0 Å². The van der Waals surface area contributed by atoms with E-state index in [4.69, 9.17) is 0 Å². The molecule has 4 rings (SSSR count). The van der Waals surface area contributed by atoms with Crippen LogP contribution in [0, 0.1) is 0 Å². The van der Waals surface area contributed by atoms with Gasteiger partial charge < -0.3 is 4.90 Å². The molecule has 1 aliphatic rings. The first-order valence-corrected chi connectivity index (χ1v) is 9.03. The number of fused-ring (bicyclic) bond motifs is 2. The predicted octanol–water partition coefficient (Wildman–Crippen LogP) is 4.77. The molecule has 1 aromatic heterocycles. The van der Waals surface area contributed by atoms with Crippen LogP contribution in [-0.4, -0.2) is 22.7 Å². The van der Waals surface area contributed by atoms with Crippen LogP contribution in [0.5, 0.6) is 0 Å². The molecule has 2 heterocycles. The third-order valence-electron chi connectivity index (χ3n) is 4.36. The second kappa shape index (κ2) is 6.29. The van der Waals surface area contributed by atoms with E-state index >= 15 is 0 Å². The number of carbonyl (C=O) groups excluding carboxylic acids is 1. The number of pyridine rings is 1. The Balaban J connectivity index is 1.82. The lowest BCUT2D eigenvalue weighted by Gasteiger charge is -2.23. The zero-order chi connectivity index (χ0) is 16.5. The van der Waals surface area contributed by atoms with E-state index in [-0.39, 0.29) is 5.91 Å². The monoisotopic (exact) mass is 334 g/mol. The molecule has 0 fully saturated rings. The van der Waals surface area contributed by atoms with Crippen LogP contribution in [0.15, 0.2) is 65.7 Å². The number of para-hydroxylation sites is 1. The number of nitrogens with zero attached hydrogens (tertiary/aromatic N) is 2. The minimum atomic E-state index is 0.0516. The normalized spacial score (nSPS) is 17.4. The highest BCUT2D eigenvalue weighted by atomic mass is 32.2. The summed E-state index contributed by atoms with van der Waals surface area (Å²) in [4.78, 5) is 20.8. The van der Waals surface area contributed by atoms with E-state index < -0.39 is 0 Å². The van der Waals surface area contributed by atoms with Gasteiger partial charge in [0.15, 0.2) is 0 Å². The summed E-state index contributed by atoms with van der Waals surface area (Å²) < 4.78 is 0. The number of carbonyl (C=O) groups is 1. The summed E-state index contributed by atoms with van der Waals surface area (Å²) in [5.74, 6) is 0.0516. The average molecular weight is 334 g/mol. The number of amides is 1. The zero-order valence-corrected chi connectivity index (χ0v) is 14.3. The van der Waals surface area contributed by atoms with E-state index in [1.807, 2.05) is 65.2 Å². The van der Waals surface area contributed by atoms with Gasteiger partial charge in [0.05, 0.1) is 11.2 Å². The minimum Gasteiger partial charge on any atom is -0.307 e. The summed E-state index contributed by atoms with van der Waals surface area (Å²) in [7, 11) is 0. The van der Waals surface area contributed by atoms with Gasteiger partial charge in [-0.3, -0.25) is 9.78 Å². The number of aromatic nitrogens is 1. The van der Waals surface area contributed by atoms with Crippen LogP contribution in [0.25, 0.3) is 10.9 Å². The van der Waals surface area contributed by atoms with Crippen molar-refractivity contribution in [3.8, 4) is 0 Å². The molecule has 0 saturated heterocycles. The van der Waals surface area contributed by atoms with Crippen molar-refractivity contribution in [2.45, 2.75) is 23.5 Å². The van der Waals surface area contributed by atoms with Gasteiger partial charge >= 0.3 is 0 Å². The van der Waals surface area contributed by atoms with E-state index in [2.05, 4.69) is 18.0 Å². The smallest absolute Gasteiger partial charge is 0.258 e. The first kappa shape index (κ1) is 15.2. The molecule has 4 heteroatoms. The topological polar surface area (TPSA) is 33.2 Å². The van der Waals surface area contributed by atoms with Gasteiger partial charge in [-0.25, -0.2) is 0 Å². The quantitative estimate of drug-likeness (QED) is 0.643. The number of hydrogen-bond donors (Lipinski definition) is 0. The Kier molecular flexibility index (Phi) is 3.98. The third kappa shape index (κ3) is 2.67. The lowest BCUT2D eigenvalue weighted by molar-refractivity contribution is 0.0988. The highest BCUT2D eigenvalue weighted by Gasteiger charge is 2.25. The van der Waals surface area contributed by atoms with Crippen molar-refractivity contribution < 1.29 is 4.79 Å². The van der Waals surface area contributed by atoms with Crippen LogP contribution in [0.2, 0.25) is 0 Å². The van der Waals surface area contributed by atoms with Crippen LogP contribution in [-0.2, 0) is 0 Å². The first-order valence-electron chi connectivity index (χ1n) is 8.15. The number of benzene rings is 2. The summed E-state index contributed by atoms with van der Waals surface area (Å²) in [6.07, 6.45) is 2.74. The van der Waals surface area contributed by atoms with Crippen LogP contribution < -0.4 is 4.90 Å². The van der Waals surface area contributed by atoms with Crippen LogP contribution in [0.4, 0.5) is 5.69 Å². The summed E-state index contributed by atoms with van der Waals surface area (Å²) in [6.45, 7) is 2.96. The number of anilines is 1. The average Bonchev–Trinajstić information content (AvgIpc) is 2.79. The van der Waals surface area contributed by atoms with Gasteiger partial charge in [-0.05, 0) is 36.8 Å². The number of rotatable bonds is 1. The molecule has 2 aromatic carbocycles. The van der Waals surface area contributed by atoms with Gasteiger partial charge in [-0.2, -0.15) is 0 Å². The summed E-state index contributed by atoms with van der Waals surface area (Å²) >= 11 is 1.85. The Labute approximate surface area is 145 Å². The molecule has 0 radical (unpaired) electrons. The highest BCUT2D eigenvalue weighted by Crippen LogP contribution is 2.38. The maximum absolute atomic E-state index is 13.3. The molecule has 3 aromatic rings. The molecule has 1 unspecified atom stereocenters. The Morgan fingerprint density at radius 2 is 2.00 bits per heavy atom. The van der Waals surface area contributed by atoms with Gasteiger partial charge in [0.2, 0.25) is 0 Å². The molecular formula is C20H18N2OS. The van der Waals surface area contributed by atoms with Gasteiger partial charge in [0.1, 0.15) is 0 Å². The van der Waals surface area contributed by atoms with Gasteiger partial charge in [0, 0.05) is 33.8 Å². The molecule has 120 valence electrons. The van der Waals surface area contributed by atoms with Crippen molar-refractivity contribution in [1.82, 2.24) is 4.98 Å². The van der Waals surface area contributed by atoms with Crippen LogP contribution in [0.1, 0.15) is 23.7 Å². The maximum Gasteiger partial charge on any atom is 0.258 e. The molecule has 1 atom stereocenters. The fraction of sp³-hybridized carbons (Fsp3) is 0.200. The standard InChI is InChI=1S/C20H18N2OS/c1-14-11-13-22(18-9-2-3-10-19(18)24-14)20(23)16-6-4-8-17-15(16)7-5-12-21-17/h2-10,12,14H,11,13H2,1H3. The number of thioether (sulfide) groups is 1. The maximum atomic E-state index is 13.3. The number of hydrogen-bond acceptors (Lipinski definition) is 3. The third-order valence-corrected chi connectivity index (χ3v) is 5.60. The lowest BCUT2D eigenvalue weighted by Crippen LogP contribution is -2.32. The lowest BCUT2D eigenvalue weighted by atomic mass is 10.1. The summed E-state index contributed by atoms with van der Waals surface area (Å²) in [5, 5.41) is 1.41. The van der Waals surface area contributed by atoms with Gasteiger partial charge in [0.25, 0.3) is 5.91 Å². The molecule has 0 aliphatic carbocycles. The van der Waals surface area contributed by atoms with E-state index in [1.54, 1.807) is 6.20 Å². The van der Waals surface area contributed by atoms with Crippen LogP contribution >= 0.6 is 11.8 Å². The predicted molar refractivity (Wildman–Crippen MR) is 99.8 cm³/mol. The van der Waals surface area contributed by atoms with E-state index in [0.717, 1.165) is 35.1 Å². The largest absolute Gasteiger partial charge is 0.307 e. The highest BCUT2D eigenvalue weighted by molar-refractivity contribution is 8.00. The van der Waals surface area contributed by atoms with Gasteiger partial charge in [-0.15, -0.1) is 11.8 Å². The van der Waals surface area contributed by atoms with Crippen molar-refractivity contribution in [2.24, 2.45) is 0 Å². The fourth-order valence-electron chi connectivity index (χ4n) is 3.13. The molecule has 1 amide bonds. The molecular weight excluding hydrogens is 316 g/mol. The second-order valence-corrected chi connectivity index (χ2v) is 7.50. The van der Waals surface area contributed by atoms with Crippen molar-refractivity contribution in [3.63, 3.8) is 0 Å². The zero-order valence-electron chi connectivity index (χ0n) is 13.5. The Bertz CT molecular complexity index is 904. The van der Waals surface area contributed by atoms with Crippen molar-refractivity contribution in [3.05, 3.63) is 66.4 Å². The summed E-state index contributed by atoms with van der Waals surface area (Å²) in [5.41, 5.74) is 2.59. The SMILES string of the molecule is CC1CCN(C(=O)c2cccc3ncccc23)c2ccccc2S1. The van der Waals surface area contributed by atoms with Gasteiger partial charge in [-0.1, -0.05) is 31.2 Å². The molecule has 3 nitrogen and oxygen atoms in total. The molecule has 0 N–H and O–H groups in total.